The van der Waals surface area contributed by atoms with Crippen molar-refractivity contribution in [3.63, 3.8) is 0 Å². The lowest BCUT2D eigenvalue weighted by Gasteiger charge is -2.46. The number of Topliss-reactive ketones (excluding diaryl/α,β-unsaturated/α-hetero) is 1. The number of carbonyl (C=O) groups excluding carboxylic acids is 1. The second-order valence-corrected chi connectivity index (χ2v) is 15.2. The summed E-state index contributed by atoms with van der Waals surface area (Å²) < 4.78 is 7.55. The molecule has 0 unspecified atom stereocenters. The first-order chi connectivity index (χ1) is 15.2. The summed E-state index contributed by atoms with van der Waals surface area (Å²) in [5, 5.41) is 2.61. The van der Waals surface area contributed by atoms with Gasteiger partial charge in [-0.1, -0.05) is 101 Å². The Hall–Kier alpha value is -1.97. The molecular formula is C29H38O2Si. The molecule has 2 nitrogen and oxygen atoms in total. The van der Waals surface area contributed by atoms with Crippen LogP contribution in [0.15, 0.2) is 73.3 Å². The maximum Gasteiger partial charge on any atom is 0.261 e. The highest BCUT2D eigenvalue weighted by Gasteiger charge is 2.59. The molecule has 2 fully saturated rings. The van der Waals surface area contributed by atoms with E-state index < -0.39 is 8.32 Å². The van der Waals surface area contributed by atoms with Crippen molar-refractivity contribution in [1.82, 2.24) is 0 Å². The van der Waals surface area contributed by atoms with Crippen LogP contribution in [0.25, 0.3) is 0 Å². The van der Waals surface area contributed by atoms with Gasteiger partial charge in [0.15, 0.2) is 0 Å². The van der Waals surface area contributed by atoms with Crippen LogP contribution >= 0.6 is 0 Å². The summed E-state index contributed by atoms with van der Waals surface area (Å²) >= 11 is 0. The molecule has 4 rings (SSSR count). The molecule has 2 aromatic carbocycles. The minimum atomic E-state index is -2.61. The van der Waals surface area contributed by atoms with E-state index in [1.807, 2.05) is 6.08 Å². The SMILES string of the molecule is C=CC[C@@H]1[C@@H]2[C@H](C[C@H]1O[Si](c1ccccc1)(c1ccccc1)C(C)(C)C)[C@@H](C)C(=O)[C@H]2C. The molecule has 0 saturated heterocycles. The monoisotopic (exact) mass is 446 g/mol. The molecule has 2 saturated carbocycles. The zero-order valence-corrected chi connectivity index (χ0v) is 21.3. The highest BCUT2D eigenvalue weighted by atomic mass is 28.4. The molecule has 170 valence electrons. The molecule has 32 heavy (non-hydrogen) atoms. The Kier molecular flexibility index (Phi) is 6.35. The average Bonchev–Trinajstić information content (AvgIpc) is 3.23. The van der Waals surface area contributed by atoms with Crippen LogP contribution in [-0.2, 0) is 9.22 Å². The topological polar surface area (TPSA) is 26.3 Å². The summed E-state index contributed by atoms with van der Waals surface area (Å²) in [6.07, 6.45) is 4.07. The largest absolute Gasteiger partial charge is 0.404 e. The van der Waals surface area contributed by atoms with Crippen molar-refractivity contribution in [3.8, 4) is 0 Å². The predicted molar refractivity (Wildman–Crippen MR) is 136 cm³/mol. The summed E-state index contributed by atoms with van der Waals surface area (Å²) in [7, 11) is -2.61. The number of rotatable bonds is 6. The van der Waals surface area contributed by atoms with Crippen molar-refractivity contribution in [2.75, 3.05) is 0 Å². The van der Waals surface area contributed by atoms with E-state index in [1.54, 1.807) is 0 Å². The zero-order chi connectivity index (χ0) is 23.1. The van der Waals surface area contributed by atoms with Crippen molar-refractivity contribution in [2.24, 2.45) is 29.6 Å². The molecule has 0 spiro atoms. The summed E-state index contributed by atoms with van der Waals surface area (Å²) in [6, 6.07) is 21.8. The molecule has 6 atom stereocenters. The summed E-state index contributed by atoms with van der Waals surface area (Å²) in [6.45, 7) is 15.4. The third-order valence-electron chi connectivity index (χ3n) is 8.27. The van der Waals surface area contributed by atoms with E-state index in [4.69, 9.17) is 4.43 Å². The number of allylic oxidation sites excluding steroid dienone is 1. The highest BCUT2D eigenvalue weighted by Crippen LogP contribution is 2.55. The molecule has 0 aliphatic heterocycles. The number of hydrogen-bond acceptors (Lipinski definition) is 2. The molecule has 0 heterocycles. The lowest BCUT2D eigenvalue weighted by atomic mass is 9.83. The van der Waals surface area contributed by atoms with Crippen LogP contribution in [0, 0.1) is 29.6 Å². The molecule has 2 aromatic rings. The van der Waals surface area contributed by atoms with Gasteiger partial charge in [0.05, 0.1) is 0 Å². The van der Waals surface area contributed by atoms with Gasteiger partial charge in [-0.2, -0.15) is 0 Å². The van der Waals surface area contributed by atoms with Gasteiger partial charge in [0, 0.05) is 17.9 Å². The molecule has 0 radical (unpaired) electrons. The van der Waals surface area contributed by atoms with Gasteiger partial charge in [0.2, 0.25) is 0 Å². The molecular weight excluding hydrogens is 408 g/mol. The highest BCUT2D eigenvalue weighted by molar-refractivity contribution is 6.99. The van der Waals surface area contributed by atoms with Crippen LogP contribution in [-0.4, -0.2) is 20.2 Å². The maximum absolute atomic E-state index is 12.8. The van der Waals surface area contributed by atoms with Crippen LogP contribution in [0.5, 0.6) is 0 Å². The van der Waals surface area contributed by atoms with Crippen LogP contribution in [0.1, 0.15) is 47.5 Å². The molecule has 2 aliphatic carbocycles. The molecule has 0 amide bonds. The smallest absolute Gasteiger partial charge is 0.261 e. The molecule has 0 bridgehead atoms. The number of ketones is 1. The first kappa shape index (κ1) is 23.2. The zero-order valence-electron chi connectivity index (χ0n) is 20.3. The summed E-state index contributed by atoms with van der Waals surface area (Å²) in [4.78, 5) is 12.8. The van der Waals surface area contributed by atoms with E-state index in [9.17, 15) is 4.79 Å². The van der Waals surface area contributed by atoms with E-state index >= 15 is 0 Å². The van der Waals surface area contributed by atoms with E-state index in [0.717, 1.165) is 12.8 Å². The Morgan fingerprint density at radius 1 is 0.969 bits per heavy atom. The van der Waals surface area contributed by atoms with Gasteiger partial charge < -0.3 is 4.43 Å². The van der Waals surface area contributed by atoms with Crippen molar-refractivity contribution in [2.45, 2.75) is 58.6 Å². The molecule has 2 aliphatic rings. The average molecular weight is 447 g/mol. The normalized spacial score (nSPS) is 30.3. The van der Waals surface area contributed by atoms with E-state index in [2.05, 4.69) is 102 Å². The van der Waals surface area contributed by atoms with E-state index in [0.29, 0.717) is 23.5 Å². The van der Waals surface area contributed by atoms with Crippen molar-refractivity contribution in [1.29, 1.82) is 0 Å². The van der Waals surface area contributed by atoms with Crippen molar-refractivity contribution < 1.29 is 9.22 Å². The van der Waals surface area contributed by atoms with Gasteiger partial charge in [-0.05, 0) is 46.0 Å². The van der Waals surface area contributed by atoms with Gasteiger partial charge in [-0.3, -0.25) is 4.79 Å². The molecule has 3 heteroatoms. The second-order valence-electron chi connectivity index (χ2n) is 11.0. The van der Waals surface area contributed by atoms with Gasteiger partial charge in [-0.25, -0.2) is 0 Å². The second kappa shape index (κ2) is 8.76. The third kappa shape index (κ3) is 3.64. The lowest BCUT2D eigenvalue weighted by molar-refractivity contribution is -0.124. The van der Waals surface area contributed by atoms with Crippen LogP contribution in [0.3, 0.4) is 0 Å². The Morgan fingerprint density at radius 3 is 1.97 bits per heavy atom. The minimum Gasteiger partial charge on any atom is -0.404 e. The molecule has 0 aromatic heterocycles. The Bertz CT molecular complexity index is 907. The Balaban J connectivity index is 1.83. The predicted octanol–water partition coefficient (Wildman–Crippen LogP) is 5.61. The van der Waals surface area contributed by atoms with Gasteiger partial charge in [-0.15, -0.1) is 6.58 Å². The number of hydrogen-bond donors (Lipinski definition) is 0. The van der Waals surface area contributed by atoms with Crippen LogP contribution in [0.2, 0.25) is 5.04 Å². The molecule has 0 N–H and O–H groups in total. The summed E-state index contributed by atoms with van der Waals surface area (Å²) in [5.74, 6) is 1.87. The fourth-order valence-corrected chi connectivity index (χ4v) is 11.6. The Labute approximate surface area is 195 Å². The fraction of sp³-hybridized carbons (Fsp3) is 0.483. The number of benzene rings is 2. The lowest BCUT2D eigenvalue weighted by Crippen LogP contribution is -2.68. The number of fused-ring (bicyclic) bond motifs is 1. The minimum absolute atomic E-state index is 0.0425. The number of carbonyl (C=O) groups is 1. The summed E-state index contributed by atoms with van der Waals surface area (Å²) in [5.41, 5.74) is 0. The van der Waals surface area contributed by atoms with E-state index in [1.165, 1.54) is 10.4 Å². The van der Waals surface area contributed by atoms with Crippen LogP contribution < -0.4 is 10.4 Å². The maximum atomic E-state index is 12.8. The Morgan fingerprint density at radius 2 is 1.50 bits per heavy atom. The van der Waals surface area contributed by atoms with Crippen molar-refractivity contribution in [3.05, 3.63) is 73.3 Å². The quantitative estimate of drug-likeness (QED) is 0.425. The van der Waals surface area contributed by atoms with E-state index in [-0.39, 0.29) is 23.0 Å². The van der Waals surface area contributed by atoms with Gasteiger partial charge in [0.25, 0.3) is 8.32 Å². The first-order valence-corrected chi connectivity index (χ1v) is 14.1. The van der Waals surface area contributed by atoms with Gasteiger partial charge >= 0.3 is 0 Å². The fourth-order valence-electron chi connectivity index (χ4n) is 6.82. The first-order valence-electron chi connectivity index (χ1n) is 12.2. The van der Waals surface area contributed by atoms with Crippen LogP contribution in [0.4, 0.5) is 0 Å². The third-order valence-corrected chi connectivity index (χ3v) is 13.3. The van der Waals surface area contributed by atoms with Crippen molar-refractivity contribution >= 4 is 24.5 Å². The van der Waals surface area contributed by atoms with Gasteiger partial charge in [0.1, 0.15) is 5.78 Å². The standard InChI is InChI=1S/C29H38O2Si/c1-7-14-24-26(19-25-20(2)28(30)21(3)27(24)25)31-32(29(4,5)6,22-15-10-8-11-16-22)23-17-12-9-13-18-23/h7-13,15-18,20-21,24-27H,1,14,19H2,2-6H3/t20-,21+,24+,25-,26-,27-/m1/s1.